The van der Waals surface area contributed by atoms with Gasteiger partial charge in [0.2, 0.25) is 0 Å². The third-order valence-electron chi connectivity index (χ3n) is 1.12. The zero-order chi connectivity index (χ0) is 8.97. The van der Waals surface area contributed by atoms with Crippen molar-refractivity contribution in [2.24, 2.45) is 0 Å². The van der Waals surface area contributed by atoms with Crippen LogP contribution in [0.5, 0.6) is 0 Å². The van der Waals surface area contributed by atoms with Crippen LogP contribution < -0.4 is 5.32 Å². The predicted octanol–water partition coefficient (Wildman–Crippen LogP) is 0.946. The molecule has 0 atom stereocenters. The molecule has 4 nitrogen and oxygen atoms in total. The van der Waals surface area contributed by atoms with Gasteiger partial charge in [-0.05, 0) is 12.1 Å². The monoisotopic (exact) mass is 181 g/mol. The van der Waals surface area contributed by atoms with E-state index in [1.807, 2.05) is 5.32 Å². The highest BCUT2D eigenvalue weighted by molar-refractivity contribution is 6.29. The number of amides is 1. The zero-order valence-electron chi connectivity index (χ0n) is 5.91. The van der Waals surface area contributed by atoms with Gasteiger partial charge in [0, 0.05) is 0 Å². The highest BCUT2D eigenvalue weighted by Crippen LogP contribution is 2.04. The standard InChI is InChI=1S/C7H4ClN3O/c8-6-3-1-2-5(11-6)7(12)10-4-9/h1-3H,(H,10,12). The zero-order valence-corrected chi connectivity index (χ0v) is 6.67. The molecule has 0 unspecified atom stereocenters. The lowest BCUT2D eigenvalue weighted by atomic mass is 10.3. The van der Waals surface area contributed by atoms with Crippen LogP contribution in [0.1, 0.15) is 10.5 Å². The van der Waals surface area contributed by atoms with Gasteiger partial charge in [0.25, 0.3) is 5.91 Å². The molecule has 5 heteroatoms. The van der Waals surface area contributed by atoms with Crippen molar-refractivity contribution in [2.75, 3.05) is 0 Å². The number of nitriles is 1. The van der Waals surface area contributed by atoms with E-state index in [2.05, 4.69) is 4.98 Å². The quantitative estimate of drug-likeness (QED) is 0.399. The Kier molecular flexibility index (Phi) is 2.62. The molecule has 1 heterocycles. The van der Waals surface area contributed by atoms with Crippen molar-refractivity contribution in [1.82, 2.24) is 10.3 Å². The number of hydrogen-bond acceptors (Lipinski definition) is 3. The van der Waals surface area contributed by atoms with Crippen molar-refractivity contribution in [3.05, 3.63) is 29.0 Å². The van der Waals surface area contributed by atoms with Crippen molar-refractivity contribution in [1.29, 1.82) is 5.26 Å². The lowest BCUT2D eigenvalue weighted by molar-refractivity contribution is 0.0968. The molecular weight excluding hydrogens is 178 g/mol. The summed E-state index contributed by atoms with van der Waals surface area (Å²) in [7, 11) is 0. The first-order valence-electron chi connectivity index (χ1n) is 3.06. The number of hydrogen-bond donors (Lipinski definition) is 1. The van der Waals surface area contributed by atoms with E-state index in [0.717, 1.165) is 0 Å². The fraction of sp³-hybridized carbons (Fsp3) is 0. The van der Waals surface area contributed by atoms with E-state index in [4.69, 9.17) is 16.9 Å². The van der Waals surface area contributed by atoms with Gasteiger partial charge in [-0.1, -0.05) is 17.7 Å². The summed E-state index contributed by atoms with van der Waals surface area (Å²) in [6.45, 7) is 0. The Balaban J connectivity index is 2.90. The minimum absolute atomic E-state index is 0.129. The van der Waals surface area contributed by atoms with Crippen LogP contribution in [0.4, 0.5) is 0 Å². The molecule has 0 radical (unpaired) electrons. The van der Waals surface area contributed by atoms with Crippen LogP contribution in [0.15, 0.2) is 18.2 Å². The van der Waals surface area contributed by atoms with Gasteiger partial charge in [-0.2, -0.15) is 5.26 Å². The fourth-order valence-electron chi connectivity index (χ4n) is 0.650. The van der Waals surface area contributed by atoms with Crippen LogP contribution in [0.2, 0.25) is 5.15 Å². The molecule has 1 N–H and O–H groups in total. The van der Waals surface area contributed by atoms with Crippen molar-refractivity contribution >= 4 is 17.5 Å². The first kappa shape index (κ1) is 8.50. The van der Waals surface area contributed by atoms with Crippen LogP contribution in [-0.2, 0) is 0 Å². The molecule has 1 aromatic heterocycles. The average Bonchev–Trinajstić information content (AvgIpc) is 2.05. The molecular formula is C7H4ClN3O. The molecule has 0 saturated carbocycles. The third-order valence-corrected chi connectivity index (χ3v) is 1.33. The lowest BCUT2D eigenvalue weighted by Crippen LogP contribution is -2.18. The molecule has 0 aliphatic rings. The van der Waals surface area contributed by atoms with Crippen molar-refractivity contribution < 1.29 is 4.79 Å². The van der Waals surface area contributed by atoms with Gasteiger partial charge in [-0.25, -0.2) is 4.98 Å². The minimum Gasteiger partial charge on any atom is -0.266 e. The van der Waals surface area contributed by atoms with Crippen molar-refractivity contribution in [3.63, 3.8) is 0 Å². The molecule has 0 aromatic carbocycles. The largest absolute Gasteiger partial charge is 0.282 e. The second kappa shape index (κ2) is 3.69. The average molecular weight is 182 g/mol. The Labute approximate surface area is 73.8 Å². The lowest BCUT2D eigenvalue weighted by Gasteiger charge is -1.95. The van der Waals surface area contributed by atoms with Crippen molar-refractivity contribution in [3.8, 4) is 6.19 Å². The van der Waals surface area contributed by atoms with Gasteiger partial charge in [0.05, 0.1) is 0 Å². The molecule has 0 fully saturated rings. The molecule has 0 bridgehead atoms. The minimum atomic E-state index is -0.556. The third kappa shape index (κ3) is 1.94. The molecule has 0 aliphatic carbocycles. The highest BCUT2D eigenvalue weighted by atomic mass is 35.5. The van der Waals surface area contributed by atoms with Gasteiger partial charge in [0.15, 0.2) is 6.19 Å². The molecule has 0 aliphatic heterocycles. The Morgan fingerprint density at radius 3 is 3.00 bits per heavy atom. The maximum absolute atomic E-state index is 10.9. The molecule has 12 heavy (non-hydrogen) atoms. The second-order valence-corrected chi connectivity index (χ2v) is 2.30. The van der Waals surface area contributed by atoms with E-state index in [1.165, 1.54) is 12.3 Å². The maximum Gasteiger partial charge on any atom is 0.282 e. The SMILES string of the molecule is N#CNC(=O)c1cccc(Cl)n1. The molecule has 0 spiro atoms. The first-order chi connectivity index (χ1) is 5.74. The summed E-state index contributed by atoms with van der Waals surface area (Å²) in [5.74, 6) is -0.556. The molecule has 1 aromatic rings. The van der Waals surface area contributed by atoms with Gasteiger partial charge < -0.3 is 0 Å². The number of rotatable bonds is 1. The van der Waals surface area contributed by atoms with Gasteiger partial charge in [0.1, 0.15) is 10.8 Å². The van der Waals surface area contributed by atoms with E-state index in [1.54, 1.807) is 12.1 Å². The van der Waals surface area contributed by atoms with Crippen LogP contribution in [0.25, 0.3) is 0 Å². The summed E-state index contributed by atoms with van der Waals surface area (Å²) < 4.78 is 0. The Bertz CT molecular complexity index is 345. The summed E-state index contributed by atoms with van der Waals surface area (Å²) in [6.07, 6.45) is 1.50. The smallest absolute Gasteiger partial charge is 0.266 e. The molecule has 60 valence electrons. The van der Waals surface area contributed by atoms with Crippen molar-refractivity contribution in [2.45, 2.75) is 0 Å². The summed E-state index contributed by atoms with van der Waals surface area (Å²) in [4.78, 5) is 14.6. The number of nitrogens with zero attached hydrogens (tertiary/aromatic N) is 2. The summed E-state index contributed by atoms with van der Waals surface area (Å²) in [6, 6.07) is 4.60. The van der Waals surface area contributed by atoms with E-state index in [-0.39, 0.29) is 10.8 Å². The molecule has 0 saturated heterocycles. The Morgan fingerprint density at radius 1 is 1.67 bits per heavy atom. The number of halogens is 1. The van der Waals surface area contributed by atoms with Gasteiger partial charge in [-0.15, -0.1) is 0 Å². The number of nitrogens with one attached hydrogen (secondary N) is 1. The van der Waals surface area contributed by atoms with Gasteiger partial charge in [-0.3, -0.25) is 10.1 Å². The molecule has 1 rings (SSSR count). The first-order valence-corrected chi connectivity index (χ1v) is 3.44. The summed E-state index contributed by atoms with van der Waals surface area (Å²) >= 11 is 5.52. The Hall–Kier alpha value is -1.60. The highest BCUT2D eigenvalue weighted by Gasteiger charge is 2.05. The second-order valence-electron chi connectivity index (χ2n) is 1.91. The maximum atomic E-state index is 10.9. The normalized spacial score (nSPS) is 8.67. The number of aromatic nitrogens is 1. The van der Waals surface area contributed by atoms with E-state index < -0.39 is 5.91 Å². The summed E-state index contributed by atoms with van der Waals surface area (Å²) in [5, 5.41) is 10.3. The van der Waals surface area contributed by atoms with E-state index >= 15 is 0 Å². The predicted molar refractivity (Wildman–Crippen MR) is 42.3 cm³/mol. The number of pyridine rings is 1. The van der Waals surface area contributed by atoms with Gasteiger partial charge >= 0.3 is 0 Å². The van der Waals surface area contributed by atoms with Crippen LogP contribution >= 0.6 is 11.6 Å². The van der Waals surface area contributed by atoms with Crippen LogP contribution in [0.3, 0.4) is 0 Å². The fourth-order valence-corrected chi connectivity index (χ4v) is 0.813. The van der Waals surface area contributed by atoms with E-state index in [9.17, 15) is 4.79 Å². The van der Waals surface area contributed by atoms with Crippen LogP contribution in [-0.4, -0.2) is 10.9 Å². The van der Waals surface area contributed by atoms with E-state index in [0.29, 0.717) is 0 Å². The number of carbonyl (C=O) groups is 1. The van der Waals surface area contributed by atoms with Crippen LogP contribution in [0, 0.1) is 11.5 Å². The summed E-state index contributed by atoms with van der Waals surface area (Å²) in [5.41, 5.74) is 0.129. The topological polar surface area (TPSA) is 65.8 Å². The number of carbonyl (C=O) groups excluding carboxylic acids is 1. The molecule has 1 amide bonds. The Morgan fingerprint density at radius 2 is 2.42 bits per heavy atom.